The Labute approximate surface area is 174 Å². The van der Waals surface area contributed by atoms with Crippen LogP contribution in [0.5, 0.6) is 0 Å². The molecule has 29 heavy (non-hydrogen) atoms. The van der Waals surface area contributed by atoms with Crippen molar-refractivity contribution in [3.8, 4) is 11.5 Å². The molecule has 1 saturated heterocycles. The van der Waals surface area contributed by atoms with Crippen molar-refractivity contribution in [2.45, 2.75) is 13.3 Å². The number of anilines is 1. The fourth-order valence-electron chi connectivity index (χ4n) is 3.40. The van der Waals surface area contributed by atoms with Gasteiger partial charge >= 0.3 is 12.0 Å². The largest absolute Gasteiger partial charge is 0.403 e. The molecule has 6 nitrogen and oxygen atoms in total. The van der Waals surface area contributed by atoms with E-state index < -0.39 is 0 Å². The number of hydrogen-bond acceptors (Lipinski definition) is 4. The van der Waals surface area contributed by atoms with Gasteiger partial charge in [0.1, 0.15) is 0 Å². The summed E-state index contributed by atoms with van der Waals surface area (Å²) in [6, 6.07) is 17.1. The summed E-state index contributed by atoms with van der Waals surface area (Å²) in [4.78, 5) is 14.4. The van der Waals surface area contributed by atoms with Gasteiger partial charge in [0.25, 0.3) is 0 Å². The zero-order valence-electron chi connectivity index (χ0n) is 16.0. The summed E-state index contributed by atoms with van der Waals surface area (Å²) in [5.74, 6) is 0.621. The molecule has 7 heteroatoms. The van der Waals surface area contributed by atoms with Crippen molar-refractivity contribution >= 4 is 29.7 Å². The highest BCUT2D eigenvalue weighted by Gasteiger charge is 2.25. The summed E-state index contributed by atoms with van der Waals surface area (Å²) < 4.78 is 5.56. The molecule has 1 aromatic heterocycles. The Morgan fingerprint density at radius 3 is 2.79 bits per heavy atom. The van der Waals surface area contributed by atoms with Gasteiger partial charge in [0, 0.05) is 23.7 Å². The summed E-state index contributed by atoms with van der Waals surface area (Å²) in [7, 11) is 0. The number of likely N-dealkylation sites (tertiary alicyclic amines) is 1. The highest BCUT2D eigenvalue weighted by Crippen LogP contribution is 2.26. The molecular formula is C22H21ClN4O2. The van der Waals surface area contributed by atoms with E-state index in [9.17, 15) is 4.79 Å². The number of carbonyl (C=O) groups is 1. The lowest BCUT2D eigenvalue weighted by Crippen LogP contribution is -2.42. The van der Waals surface area contributed by atoms with Crippen LogP contribution in [0, 0.1) is 5.92 Å². The first-order valence-corrected chi connectivity index (χ1v) is 9.87. The van der Waals surface area contributed by atoms with Gasteiger partial charge in [-0.2, -0.15) is 0 Å². The van der Waals surface area contributed by atoms with E-state index in [1.54, 1.807) is 4.90 Å². The fourth-order valence-corrected chi connectivity index (χ4v) is 3.60. The zero-order valence-corrected chi connectivity index (χ0v) is 16.8. The van der Waals surface area contributed by atoms with E-state index in [1.165, 1.54) is 5.57 Å². The van der Waals surface area contributed by atoms with Gasteiger partial charge in [0.15, 0.2) is 0 Å². The number of hydrogen-bond donors (Lipinski definition) is 1. The van der Waals surface area contributed by atoms with Crippen LogP contribution in [-0.2, 0) is 0 Å². The zero-order chi connectivity index (χ0) is 20.2. The Hall–Kier alpha value is -3.12. The lowest BCUT2D eigenvalue weighted by atomic mass is 9.91. The molecule has 0 aliphatic carbocycles. The number of rotatable bonds is 3. The lowest BCUT2D eigenvalue weighted by Gasteiger charge is -2.32. The Bertz CT molecular complexity index is 1030. The van der Waals surface area contributed by atoms with Crippen LogP contribution in [0.4, 0.5) is 10.8 Å². The molecule has 3 aromatic rings. The summed E-state index contributed by atoms with van der Waals surface area (Å²) in [6.45, 7) is 3.37. The van der Waals surface area contributed by atoms with Crippen molar-refractivity contribution in [3.05, 3.63) is 70.8 Å². The fraction of sp³-hybridized carbons (Fsp3) is 0.227. The molecule has 1 unspecified atom stereocenters. The van der Waals surface area contributed by atoms with Gasteiger partial charge in [-0.25, -0.2) is 4.79 Å². The second-order valence-electron chi connectivity index (χ2n) is 7.08. The topological polar surface area (TPSA) is 71.3 Å². The molecule has 4 rings (SSSR count). The number of halogens is 1. The van der Waals surface area contributed by atoms with Crippen LogP contribution in [-0.4, -0.2) is 34.2 Å². The number of nitrogens with one attached hydrogen (secondary N) is 1. The molecule has 1 N–H and O–H groups in total. The Kier molecular flexibility index (Phi) is 5.62. The van der Waals surface area contributed by atoms with Crippen molar-refractivity contribution < 1.29 is 9.21 Å². The lowest BCUT2D eigenvalue weighted by molar-refractivity contribution is 0.197. The first-order valence-electron chi connectivity index (χ1n) is 9.49. The van der Waals surface area contributed by atoms with E-state index in [1.807, 2.05) is 54.6 Å². The van der Waals surface area contributed by atoms with Crippen molar-refractivity contribution in [1.82, 2.24) is 15.1 Å². The molecule has 0 saturated carbocycles. The van der Waals surface area contributed by atoms with E-state index >= 15 is 0 Å². The van der Waals surface area contributed by atoms with Crippen LogP contribution in [0.3, 0.4) is 0 Å². The summed E-state index contributed by atoms with van der Waals surface area (Å²) in [6.07, 6.45) is 2.97. The van der Waals surface area contributed by atoms with Gasteiger partial charge in [-0.1, -0.05) is 65.6 Å². The molecule has 1 fully saturated rings. The summed E-state index contributed by atoms with van der Waals surface area (Å²) >= 11 is 6.07. The quantitative estimate of drug-likeness (QED) is 0.634. The number of aromatic nitrogens is 2. The van der Waals surface area contributed by atoms with Crippen LogP contribution in [0.25, 0.3) is 17.5 Å². The minimum absolute atomic E-state index is 0.0989. The Balaban J connectivity index is 1.38. The molecule has 0 bridgehead atoms. The third-order valence-electron chi connectivity index (χ3n) is 4.95. The third kappa shape index (κ3) is 4.66. The molecule has 2 heterocycles. The van der Waals surface area contributed by atoms with Crippen molar-refractivity contribution in [2.24, 2.45) is 5.92 Å². The van der Waals surface area contributed by atoms with Gasteiger partial charge in [0.2, 0.25) is 5.89 Å². The second-order valence-corrected chi connectivity index (χ2v) is 7.52. The summed E-state index contributed by atoms with van der Waals surface area (Å²) in [5, 5.41) is 11.3. The van der Waals surface area contributed by atoms with E-state index in [4.69, 9.17) is 16.0 Å². The standard InChI is InChI=1S/C22H21ClN4O2/c1-15-14-27(11-10-18(15)12-16-6-5-9-19(23)13-16)22(28)24-21-26-25-20(29-21)17-7-3-2-4-8-17/h2-9,12-13,15H,10-11,14H2,1H3,(H,24,26,28). The van der Waals surface area contributed by atoms with Crippen molar-refractivity contribution in [1.29, 1.82) is 0 Å². The highest BCUT2D eigenvalue weighted by molar-refractivity contribution is 6.30. The maximum atomic E-state index is 12.6. The first-order chi connectivity index (χ1) is 14.1. The van der Waals surface area contributed by atoms with E-state index in [2.05, 4.69) is 28.5 Å². The Morgan fingerprint density at radius 1 is 1.21 bits per heavy atom. The summed E-state index contributed by atoms with van der Waals surface area (Å²) in [5.41, 5.74) is 3.19. The van der Waals surface area contributed by atoms with Crippen LogP contribution in [0.2, 0.25) is 5.02 Å². The second kappa shape index (κ2) is 8.49. The van der Waals surface area contributed by atoms with Crippen LogP contribution in [0.15, 0.2) is 64.6 Å². The number of piperidine rings is 1. The van der Waals surface area contributed by atoms with Crippen LogP contribution < -0.4 is 5.32 Å². The van der Waals surface area contributed by atoms with E-state index in [-0.39, 0.29) is 18.0 Å². The predicted octanol–water partition coefficient (Wildman–Crippen LogP) is 5.35. The molecular weight excluding hydrogens is 388 g/mol. The average molecular weight is 409 g/mol. The molecule has 1 aliphatic rings. The minimum Gasteiger partial charge on any atom is -0.403 e. The van der Waals surface area contributed by atoms with Gasteiger partial charge in [-0.05, 0) is 42.2 Å². The third-order valence-corrected chi connectivity index (χ3v) is 5.18. The van der Waals surface area contributed by atoms with E-state index in [0.29, 0.717) is 19.0 Å². The minimum atomic E-state index is -0.234. The molecule has 148 valence electrons. The monoisotopic (exact) mass is 408 g/mol. The molecule has 1 aliphatic heterocycles. The average Bonchev–Trinajstić information content (AvgIpc) is 3.19. The SMILES string of the molecule is CC1CN(C(=O)Nc2nnc(-c3ccccc3)o2)CCC1=Cc1cccc(Cl)c1. The maximum Gasteiger partial charge on any atom is 0.325 e. The maximum absolute atomic E-state index is 12.6. The molecule has 0 spiro atoms. The molecule has 1 atom stereocenters. The van der Waals surface area contributed by atoms with E-state index in [0.717, 1.165) is 22.6 Å². The molecule has 2 aromatic carbocycles. The van der Waals surface area contributed by atoms with Crippen LogP contribution >= 0.6 is 11.6 Å². The smallest absolute Gasteiger partial charge is 0.325 e. The van der Waals surface area contributed by atoms with Crippen molar-refractivity contribution in [3.63, 3.8) is 0 Å². The number of nitrogens with zero attached hydrogens (tertiary/aromatic N) is 3. The predicted molar refractivity (Wildman–Crippen MR) is 114 cm³/mol. The first kappa shape index (κ1) is 19.2. The Morgan fingerprint density at radius 2 is 2.03 bits per heavy atom. The van der Waals surface area contributed by atoms with Crippen molar-refractivity contribution in [2.75, 3.05) is 18.4 Å². The number of benzene rings is 2. The van der Waals surface area contributed by atoms with Gasteiger partial charge in [-0.3, -0.25) is 5.32 Å². The highest BCUT2D eigenvalue weighted by atomic mass is 35.5. The number of carbonyl (C=O) groups excluding carboxylic acids is 1. The van der Waals surface area contributed by atoms with Gasteiger partial charge in [0.05, 0.1) is 0 Å². The van der Waals surface area contributed by atoms with Gasteiger partial charge in [-0.15, -0.1) is 5.10 Å². The molecule has 2 amide bonds. The number of urea groups is 1. The van der Waals surface area contributed by atoms with Gasteiger partial charge < -0.3 is 9.32 Å². The number of amides is 2. The normalized spacial score (nSPS) is 18.1. The van der Waals surface area contributed by atoms with Crippen LogP contribution in [0.1, 0.15) is 18.9 Å². The molecule has 0 radical (unpaired) electrons.